The molecule has 0 aliphatic rings. The van der Waals surface area contributed by atoms with Crippen LogP contribution in [0.4, 0.5) is 4.39 Å². The van der Waals surface area contributed by atoms with Crippen LogP contribution in [-0.2, 0) is 0 Å². The molecular formula is C18H22FNS. The molecule has 2 aromatic rings. The Hall–Kier alpha value is -1.32. The molecule has 2 rings (SSSR count). The van der Waals surface area contributed by atoms with E-state index >= 15 is 0 Å². The van der Waals surface area contributed by atoms with Gasteiger partial charge in [-0.05, 0) is 49.2 Å². The first-order valence-electron chi connectivity index (χ1n) is 7.50. The maximum atomic E-state index is 13.3. The van der Waals surface area contributed by atoms with Gasteiger partial charge in [0.05, 0.1) is 0 Å². The maximum absolute atomic E-state index is 13.3. The average Bonchev–Trinajstić information content (AvgIpc) is 2.49. The van der Waals surface area contributed by atoms with E-state index < -0.39 is 0 Å². The molecule has 0 saturated carbocycles. The van der Waals surface area contributed by atoms with Crippen molar-refractivity contribution >= 4 is 11.8 Å². The maximum Gasteiger partial charge on any atom is 0.124 e. The van der Waals surface area contributed by atoms with Crippen molar-refractivity contribution in [2.45, 2.75) is 42.5 Å². The summed E-state index contributed by atoms with van der Waals surface area (Å²) in [6, 6.07) is 15.5. The average molecular weight is 303 g/mol. The largest absolute Gasteiger partial charge is 0.310 e. The van der Waals surface area contributed by atoms with Gasteiger partial charge in [-0.1, -0.05) is 49.9 Å². The van der Waals surface area contributed by atoms with Crippen molar-refractivity contribution in [3.8, 4) is 0 Å². The Kier molecular flexibility index (Phi) is 6.27. The fourth-order valence-corrected chi connectivity index (χ4v) is 3.36. The van der Waals surface area contributed by atoms with Crippen molar-refractivity contribution in [2.24, 2.45) is 0 Å². The summed E-state index contributed by atoms with van der Waals surface area (Å²) >= 11 is 1.63. The van der Waals surface area contributed by atoms with E-state index in [1.165, 1.54) is 16.5 Å². The molecule has 0 bridgehead atoms. The van der Waals surface area contributed by atoms with Gasteiger partial charge in [0.1, 0.15) is 5.82 Å². The minimum atomic E-state index is -0.186. The molecule has 1 atom stereocenters. The van der Waals surface area contributed by atoms with Gasteiger partial charge in [-0.2, -0.15) is 0 Å². The van der Waals surface area contributed by atoms with Crippen molar-refractivity contribution in [3.05, 3.63) is 59.9 Å². The van der Waals surface area contributed by atoms with Gasteiger partial charge in [-0.15, -0.1) is 0 Å². The van der Waals surface area contributed by atoms with Crippen LogP contribution in [0.25, 0.3) is 0 Å². The van der Waals surface area contributed by atoms with Crippen LogP contribution in [-0.4, -0.2) is 6.54 Å². The highest BCUT2D eigenvalue weighted by molar-refractivity contribution is 7.99. The highest BCUT2D eigenvalue weighted by Crippen LogP contribution is 2.34. The van der Waals surface area contributed by atoms with Gasteiger partial charge in [0.15, 0.2) is 0 Å². The zero-order chi connectivity index (χ0) is 15.1. The molecule has 0 spiro atoms. The predicted octanol–water partition coefficient (Wildman–Crippen LogP) is 5.43. The lowest BCUT2D eigenvalue weighted by Gasteiger charge is -2.20. The van der Waals surface area contributed by atoms with E-state index in [1.54, 1.807) is 23.9 Å². The number of halogens is 1. The summed E-state index contributed by atoms with van der Waals surface area (Å²) in [5, 5.41) is 3.59. The van der Waals surface area contributed by atoms with Crippen LogP contribution >= 0.6 is 11.8 Å². The van der Waals surface area contributed by atoms with Crippen LogP contribution in [0.2, 0.25) is 0 Å². The summed E-state index contributed by atoms with van der Waals surface area (Å²) in [7, 11) is 0. The topological polar surface area (TPSA) is 12.0 Å². The summed E-state index contributed by atoms with van der Waals surface area (Å²) in [4.78, 5) is 2.13. The van der Waals surface area contributed by atoms with Crippen molar-refractivity contribution in [3.63, 3.8) is 0 Å². The van der Waals surface area contributed by atoms with Gasteiger partial charge >= 0.3 is 0 Å². The molecule has 21 heavy (non-hydrogen) atoms. The highest BCUT2D eigenvalue weighted by atomic mass is 32.2. The predicted molar refractivity (Wildman–Crippen MR) is 88.3 cm³/mol. The third kappa shape index (κ3) is 4.58. The number of hydrogen-bond acceptors (Lipinski definition) is 2. The van der Waals surface area contributed by atoms with Gasteiger partial charge in [0, 0.05) is 15.8 Å². The fourth-order valence-electron chi connectivity index (χ4n) is 2.31. The molecule has 0 fully saturated rings. The molecule has 1 N–H and O–H groups in total. The molecule has 0 aromatic heterocycles. The molecule has 112 valence electrons. The molecule has 2 aromatic carbocycles. The van der Waals surface area contributed by atoms with Crippen molar-refractivity contribution in [2.75, 3.05) is 6.54 Å². The number of hydrogen-bond donors (Lipinski definition) is 1. The first-order valence-corrected chi connectivity index (χ1v) is 8.32. The highest BCUT2D eigenvalue weighted by Gasteiger charge is 2.13. The SMILES string of the molecule is CCCNC(CC)c1ccccc1Sc1cccc(F)c1. The molecule has 0 amide bonds. The summed E-state index contributed by atoms with van der Waals surface area (Å²) in [5.41, 5.74) is 1.29. The molecule has 0 saturated heterocycles. The first-order chi connectivity index (χ1) is 10.2. The van der Waals surface area contributed by atoms with E-state index in [-0.39, 0.29) is 5.82 Å². The monoisotopic (exact) mass is 303 g/mol. The Balaban J connectivity index is 2.23. The van der Waals surface area contributed by atoms with E-state index in [9.17, 15) is 4.39 Å². The van der Waals surface area contributed by atoms with E-state index in [0.29, 0.717) is 6.04 Å². The van der Waals surface area contributed by atoms with E-state index in [0.717, 1.165) is 24.3 Å². The van der Waals surface area contributed by atoms with Crippen LogP contribution in [0.1, 0.15) is 38.3 Å². The third-order valence-electron chi connectivity index (χ3n) is 3.37. The Labute approximate surface area is 131 Å². The second-order valence-electron chi connectivity index (χ2n) is 5.01. The normalized spacial score (nSPS) is 12.3. The zero-order valence-electron chi connectivity index (χ0n) is 12.6. The Morgan fingerprint density at radius 1 is 1.10 bits per heavy atom. The fraction of sp³-hybridized carbons (Fsp3) is 0.333. The van der Waals surface area contributed by atoms with Gasteiger partial charge in [0.25, 0.3) is 0 Å². The summed E-state index contributed by atoms with van der Waals surface area (Å²) < 4.78 is 13.3. The second kappa shape index (κ2) is 8.20. The second-order valence-corrected chi connectivity index (χ2v) is 6.13. The Bertz CT molecular complexity index is 571. The lowest BCUT2D eigenvalue weighted by Crippen LogP contribution is -2.21. The van der Waals surface area contributed by atoms with Crippen LogP contribution in [0, 0.1) is 5.82 Å². The molecular weight excluding hydrogens is 281 g/mol. The van der Waals surface area contributed by atoms with Crippen molar-refractivity contribution in [1.29, 1.82) is 0 Å². The molecule has 0 aliphatic heterocycles. The standard InChI is InChI=1S/C18H22FNS/c1-3-12-20-17(4-2)16-10-5-6-11-18(16)21-15-9-7-8-14(19)13-15/h5-11,13,17,20H,3-4,12H2,1-2H3. The molecule has 1 unspecified atom stereocenters. The molecule has 0 radical (unpaired) electrons. The Morgan fingerprint density at radius 3 is 2.62 bits per heavy atom. The minimum Gasteiger partial charge on any atom is -0.310 e. The number of nitrogens with one attached hydrogen (secondary N) is 1. The zero-order valence-corrected chi connectivity index (χ0v) is 13.4. The van der Waals surface area contributed by atoms with Gasteiger partial charge in [-0.3, -0.25) is 0 Å². The van der Waals surface area contributed by atoms with E-state index in [2.05, 4.69) is 37.4 Å². The quantitative estimate of drug-likeness (QED) is 0.732. The van der Waals surface area contributed by atoms with Crippen LogP contribution < -0.4 is 5.32 Å². The lowest BCUT2D eigenvalue weighted by atomic mass is 10.0. The summed E-state index contributed by atoms with van der Waals surface area (Å²) in [6.45, 7) is 5.38. The van der Waals surface area contributed by atoms with E-state index in [4.69, 9.17) is 0 Å². The van der Waals surface area contributed by atoms with Gasteiger partial charge < -0.3 is 5.32 Å². The van der Waals surface area contributed by atoms with Crippen LogP contribution in [0.5, 0.6) is 0 Å². The number of benzene rings is 2. The molecule has 1 nitrogen and oxygen atoms in total. The van der Waals surface area contributed by atoms with Gasteiger partial charge in [-0.25, -0.2) is 4.39 Å². The lowest BCUT2D eigenvalue weighted by molar-refractivity contribution is 0.512. The van der Waals surface area contributed by atoms with Crippen LogP contribution in [0.3, 0.4) is 0 Å². The van der Waals surface area contributed by atoms with E-state index in [1.807, 2.05) is 12.1 Å². The first kappa shape index (κ1) is 16.1. The third-order valence-corrected chi connectivity index (χ3v) is 4.45. The summed E-state index contributed by atoms with van der Waals surface area (Å²) in [5.74, 6) is -0.186. The van der Waals surface area contributed by atoms with Crippen molar-refractivity contribution < 1.29 is 4.39 Å². The molecule has 3 heteroatoms. The van der Waals surface area contributed by atoms with Gasteiger partial charge in [0.2, 0.25) is 0 Å². The molecule has 0 aliphatic carbocycles. The van der Waals surface area contributed by atoms with Crippen LogP contribution in [0.15, 0.2) is 58.3 Å². The molecule has 0 heterocycles. The van der Waals surface area contributed by atoms with Crippen molar-refractivity contribution in [1.82, 2.24) is 5.32 Å². The smallest absolute Gasteiger partial charge is 0.124 e. The Morgan fingerprint density at radius 2 is 1.90 bits per heavy atom. The minimum absolute atomic E-state index is 0.186. The number of rotatable bonds is 7. The summed E-state index contributed by atoms with van der Waals surface area (Å²) in [6.07, 6.45) is 2.16.